The van der Waals surface area contributed by atoms with E-state index in [9.17, 15) is 4.79 Å². The quantitative estimate of drug-likeness (QED) is 0.649. The van der Waals surface area contributed by atoms with Crippen LogP contribution in [0.1, 0.15) is 11.7 Å². The van der Waals surface area contributed by atoms with Crippen LogP contribution in [0.4, 0.5) is 5.82 Å². The van der Waals surface area contributed by atoms with Crippen LogP contribution in [-0.2, 0) is 0 Å². The Balaban J connectivity index is 2.85. The number of halogens is 1. The van der Waals surface area contributed by atoms with Crippen LogP contribution in [-0.4, -0.2) is 25.4 Å². The number of carbonyl (C=O) groups excluding carboxylic acids is 1. The van der Waals surface area contributed by atoms with Gasteiger partial charge in [0.15, 0.2) is 17.0 Å². The molecule has 2 aromatic rings. The van der Waals surface area contributed by atoms with E-state index in [1.807, 2.05) is 0 Å². The van der Waals surface area contributed by atoms with Crippen LogP contribution >= 0.6 is 11.6 Å². The monoisotopic (exact) mass is 211 g/mol. The fraction of sp³-hybridized carbons (Fsp3) is 0.143. The summed E-state index contributed by atoms with van der Waals surface area (Å²) in [6.07, 6.45) is 1.34. The molecule has 6 nitrogen and oxygen atoms in total. The summed E-state index contributed by atoms with van der Waals surface area (Å²) in [6, 6.07) is 0. The van der Waals surface area contributed by atoms with Crippen molar-refractivity contribution in [3.8, 4) is 0 Å². The number of anilines is 1. The molecule has 0 saturated carbocycles. The molecule has 2 heterocycles. The molecule has 14 heavy (non-hydrogen) atoms. The van der Waals surface area contributed by atoms with Gasteiger partial charge in [-0.25, -0.2) is 4.98 Å². The second-order valence-corrected chi connectivity index (χ2v) is 3.02. The number of nitrogens with two attached hydrogens (primary N) is 1. The first kappa shape index (κ1) is 8.89. The lowest BCUT2D eigenvalue weighted by Gasteiger charge is -1.97. The van der Waals surface area contributed by atoms with Crippen LogP contribution in [0, 0.1) is 0 Å². The largest absolute Gasteiger partial charge is 0.382 e. The molecule has 7 heteroatoms. The Hall–Kier alpha value is -1.69. The molecule has 2 rings (SSSR count). The molecular formula is C7H6ClN5O. The highest BCUT2D eigenvalue weighted by Crippen LogP contribution is 2.17. The zero-order chi connectivity index (χ0) is 10.3. The molecule has 0 amide bonds. The Kier molecular flexibility index (Phi) is 1.85. The van der Waals surface area contributed by atoms with Crippen LogP contribution in [0.5, 0.6) is 0 Å². The van der Waals surface area contributed by atoms with Gasteiger partial charge >= 0.3 is 0 Å². The fourth-order valence-electron chi connectivity index (χ4n) is 1.12. The zero-order valence-corrected chi connectivity index (χ0v) is 7.99. The van der Waals surface area contributed by atoms with Crippen molar-refractivity contribution < 1.29 is 4.79 Å². The summed E-state index contributed by atoms with van der Waals surface area (Å²) >= 11 is 5.60. The summed E-state index contributed by atoms with van der Waals surface area (Å²) in [7, 11) is 0. The molecule has 0 spiro atoms. The summed E-state index contributed by atoms with van der Waals surface area (Å²) in [4.78, 5) is 22.6. The van der Waals surface area contributed by atoms with E-state index in [1.54, 1.807) is 0 Å². The van der Waals surface area contributed by atoms with Gasteiger partial charge in [-0.1, -0.05) is 0 Å². The standard InChI is InChI=1S/C7H6ClN5O/c1-3(14)13-2-10-4-5(9)11-7(8)12-6(4)13/h2H,1H3,(H2,9,11,12). The number of imidazole rings is 1. The Bertz CT molecular complexity index is 520. The SMILES string of the molecule is CC(=O)n1cnc2c(N)nc(Cl)nc21. The van der Waals surface area contributed by atoms with E-state index >= 15 is 0 Å². The van der Waals surface area contributed by atoms with Gasteiger partial charge in [-0.05, 0) is 11.6 Å². The minimum absolute atomic E-state index is 0.00185. The van der Waals surface area contributed by atoms with Gasteiger partial charge in [0.1, 0.15) is 6.33 Å². The second kappa shape index (κ2) is 2.91. The lowest BCUT2D eigenvalue weighted by molar-refractivity contribution is 0.0940. The van der Waals surface area contributed by atoms with Crippen LogP contribution in [0.15, 0.2) is 6.33 Å². The van der Waals surface area contributed by atoms with Crippen molar-refractivity contribution in [2.45, 2.75) is 6.92 Å². The zero-order valence-electron chi connectivity index (χ0n) is 7.23. The van der Waals surface area contributed by atoms with E-state index in [1.165, 1.54) is 17.8 Å². The number of nitrogens with zero attached hydrogens (tertiary/aromatic N) is 4. The third-order valence-electron chi connectivity index (χ3n) is 1.74. The maximum absolute atomic E-state index is 11.1. The fourth-order valence-corrected chi connectivity index (χ4v) is 1.30. The van der Waals surface area contributed by atoms with E-state index in [0.717, 1.165) is 0 Å². The minimum Gasteiger partial charge on any atom is -0.382 e. The first-order valence-electron chi connectivity index (χ1n) is 3.76. The van der Waals surface area contributed by atoms with Gasteiger partial charge in [0.25, 0.3) is 0 Å². The predicted molar refractivity (Wildman–Crippen MR) is 51.0 cm³/mol. The second-order valence-electron chi connectivity index (χ2n) is 2.68. The summed E-state index contributed by atoms with van der Waals surface area (Å²) in [5.74, 6) is -0.0401. The Morgan fingerprint density at radius 1 is 1.57 bits per heavy atom. The van der Waals surface area contributed by atoms with Crippen molar-refractivity contribution in [1.29, 1.82) is 0 Å². The Morgan fingerprint density at radius 3 is 2.93 bits per heavy atom. The molecule has 0 radical (unpaired) electrons. The molecule has 2 N–H and O–H groups in total. The molecule has 0 atom stereocenters. The number of carbonyl (C=O) groups is 1. The van der Waals surface area contributed by atoms with Crippen LogP contribution in [0.25, 0.3) is 11.2 Å². The van der Waals surface area contributed by atoms with E-state index in [0.29, 0.717) is 11.2 Å². The van der Waals surface area contributed by atoms with Crippen molar-refractivity contribution >= 4 is 34.5 Å². The number of hydrogen-bond acceptors (Lipinski definition) is 5. The molecule has 0 fully saturated rings. The molecule has 0 bridgehead atoms. The number of rotatable bonds is 0. The highest BCUT2D eigenvalue weighted by Gasteiger charge is 2.11. The van der Waals surface area contributed by atoms with Gasteiger partial charge < -0.3 is 5.73 Å². The van der Waals surface area contributed by atoms with Crippen molar-refractivity contribution in [3.05, 3.63) is 11.6 Å². The predicted octanol–water partition coefficient (Wildman–Crippen LogP) is 0.722. The van der Waals surface area contributed by atoms with Gasteiger partial charge in [0, 0.05) is 6.92 Å². The first-order valence-corrected chi connectivity index (χ1v) is 4.14. The highest BCUT2D eigenvalue weighted by atomic mass is 35.5. The van der Waals surface area contributed by atoms with E-state index in [4.69, 9.17) is 17.3 Å². The van der Waals surface area contributed by atoms with Crippen molar-refractivity contribution in [2.24, 2.45) is 0 Å². The lowest BCUT2D eigenvalue weighted by atomic mass is 10.5. The summed E-state index contributed by atoms with van der Waals surface area (Å²) in [6.45, 7) is 1.40. The highest BCUT2D eigenvalue weighted by molar-refractivity contribution is 6.28. The van der Waals surface area contributed by atoms with Gasteiger partial charge in [0.2, 0.25) is 11.2 Å². The number of fused-ring (bicyclic) bond motifs is 1. The minimum atomic E-state index is -0.207. The normalized spacial score (nSPS) is 10.7. The summed E-state index contributed by atoms with van der Waals surface area (Å²) in [5.41, 5.74) is 6.26. The van der Waals surface area contributed by atoms with E-state index in [2.05, 4.69) is 15.0 Å². The van der Waals surface area contributed by atoms with Gasteiger partial charge in [-0.3, -0.25) is 9.36 Å². The number of hydrogen-bond donors (Lipinski definition) is 1. The van der Waals surface area contributed by atoms with Crippen LogP contribution in [0.3, 0.4) is 0 Å². The lowest BCUT2D eigenvalue weighted by Crippen LogP contribution is -2.05. The van der Waals surface area contributed by atoms with Crippen molar-refractivity contribution in [1.82, 2.24) is 19.5 Å². The van der Waals surface area contributed by atoms with E-state index < -0.39 is 0 Å². The molecule has 0 aliphatic heterocycles. The average Bonchev–Trinajstić information content (AvgIpc) is 2.47. The molecule has 0 aromatic carbocycles. The molecule has 0 aliphatic carbocycles. The summed E-state index contributed by atoms with van der Waals surface area (Å²) in [5, 5.41) is -0.00185. The van der Waals surface area contributed by atoms with Gasteiger partial charge in [0.05, 0.1) is 0 Å². The number of nitrogen functional groups attached to an aromatic ring is 1. The Labute approximate surface area is 83.7 Å². The molecular weight excluding hydrogens is 206 g/mol. The third kappa shape index (κ3) is 1.20. The van der Waals surface area contributed by atoms with Crippen molar-refractivity contribution in [3.63, 3.8) is 0 Å². The molecule has 0 unspecified atom stereocenters. The maximum atomic E-state index is 11.1. The number of aromatic nitrogens is 4. The summed E-state index contributed by atoms with van der Waals surface area (Å²) < 4.78 is 1.26. The third-order valence-corrected chi connectivity index (χ3v) is 1.90. The first-order chi connectivity index (χ1) is 6.59. The van der Waals surface area contributed by atoms with Gasteiger partial charge in [-0.2, -0.15) is 9.97 Å². The van der Waals surface area contributed by atoms with Crippen molar-refractivity contribution in [2.75, 3.05) is 5.73 Å². The topological polar surface area (TPSA) is 86.7 Å². The smallest absolute Gasteiger partial charge is 0.230 e. The van der Waals surface area contributed by atoms with Crippen LogP contribution in [0.2, 0.25) is 5.28 Å². The van der Waals surface area contributed by atoms with Crippen LogP contribution < -0.4 is 5.73 Å². The van der Waals surface area contributed by atoms with Gasteiger partial charge in [-0.15, -0.1) is 0 Å². The maximum Gasteiger partial charge on any atom is 0.230 e. The average molecular weight is 212 g/mol. The van der Waals surface area contributed by atoms with E-state index in [-0.39, 0.29) is 17.0 Å². The molecule has 0 saturated heterocycles. The Morgan fingerprint density at radius 2 is 2.29 bits per heavy atom. The molecule has 72 valence electrons. The molecule has 0 aliphatic rings. The molecule has 2 aromatic heterocycles.